The van der Waals surface area contributed by atoms with Crippen molar-refractivity contribution in [3.05, 3.63) is 70.2 Å². The number of rotatable bonds is 7. The summed E-state index contributed by atoms with van der Waals surface area (Å²) in [7, 11) is 1.73. The van der Waals surface area contributed by atoms with Gasteiger partial charge in [-0.3, -0.25) is 9.79 Å². The molecular formula is C20H26ClIN4O. The Bertz CT molecular complexity index is 767. The van der Waals surface area contributed by atoms with Gasteiger partial charge in [0.1, 0.15) is 0 Å². The zero-order valence-electron chi connectivity index (χ0n) is 15.6. The number of nitrogens with one attached hydrogen (secondary N) is 3. The van der Waals surface area contributed by atoms with E-state index < -0.39 is 0 Å². The number of carbonyl (C=O) groups excluding carboxylic acids is 1. The highest BCUT2D eigenvalue weighted by Gasteiger charge is 2.05. The van der Waals surface area contributed by atoms with Crippen LogP contribution in [-0.2, 0) is 13.0 Å². The molecule has 0 radical (unpaired) electrons. The smallest absolute Gasteiger partial charge is 0.251 e. The Morgan fingerprint density at radius 2 is 1.85 bits per heavy atom. The molecule has 0 aromatic heterocycles. The summed E-state index contributed by atoms with van der Waals surface area (Å²) in [4.78, 5) is 16.1. The summed E-state index contributed by atoms with van der Waals surface area (Å²) in [5.41, 5.74) is 2.78. The number of guanidine groups is 1. The molecule has 0 aliphatic carbocycles. The molecule has 27 heavy (non-hydrogen) atoms. The first kappa shape index (κ1) is 23.2. The van der Waals surface area contributed by atoms with Gasteiger partial charge in [-0.1, -0.05) is 41.9 Å². The largest absolute Gasteiger partial charge is 0.356 e. The van der Waals surface area contributed by atoms with Gasteiger partial charge >= 0.3 is 0 Å². The number of amides is 1. The van der Waals surface area contributed by atoms with E-state index >= 15 is 0 Å². The van der Waals surface area contributed by atoms with Crippen LogP contribution in [0, 0.1) is 0 Å². The maximum atomic E-state index is 11.9. The molecule has 146 valence electrons. The van der Waals surface area contributed by atoms with Crippen molar-refractivity contribution in [2.75, 3.05) is 20.1 Å². The number of aliphatic imine (C=N–C) groups is 1. The zero-order valence-corrected chi connectivity index (χ0v) is 18.7. The molecular weight excluding hydrogens is 475 g/mol. The van der Waals surface area contributed by atoms with Gasteiger partial charge in [-0.05, 0) is 42.7 Å². The average molecular weight is 501 g/mol. The second kappa shape index (κ2) is 12.6. The molecule has 2 aromatic rings. The fourth-order valence-electron chi connectivity index (χ4n) is 2.51. The lowest BCUT2D eigenvalue weighted by molar-refractivity contribution is 0.0955. The van der Waals surface area contributed by atoms with Crippen LogP contribution in [0.15, 0.2) is 53.5 Å². The third-order valence-corrected chi connectivity index (χ3v) is 4.22. The molecule has 0 bridgehead atoms. The fourth-order valence-corrected chi connectivity index (χ4v) is 2.74. The summed E-state index contributed by atoms with van der Waals surface area (Å²) in [6, 6.07) is 15.4. The summed E-state index contributed by atoms with van der Waals surface area (Å²) >= 11 is 6.17. The molecule has 0 spiro atoms. The first-order valence-electron chi connectivity index (χ1n) is 8.69. The van der Waals surface area contributed by atoms with Crippen LogP contribution in [0.25, 0.3) is 0 Å². The Morgan fingerprint density at radius 1 is 1.07 bits per heavy atom. The van der Waals surface area contributed by atoms with Crippen molar-refractivity contribution in [1.29, 1.82) is 0 Å². The average Bonchev–Trinajstić information content (AvgIpc) is 2.66. The van der Waals surface area contributed by atoms with E-state index in [0.717, 1.165) is 29.1 Å². The van der Waals surface area contributed by atoms with Crippen molar-refractivity contribution < 1.29 is 4.79 Å². The molecule has 0 atom stereocenters. The van der Waals surface area contributed by atoms with Gasteiger partial charge in [-0.2, -0.15) is 0 Å². The topological polar surface area (TPSA) is 65.5 Å². The lowest BCUT2D eigenvalue weighted by atomic mass is 10.1. The summed E-state index contributed by atoms with van der Waals surface area (Å²) in [6.07, 6.45) is 0.813. The second-order valence-electron chi connectivity index (χ2n) is 5.75. The number of benzene rings is 2. The van der Waals surface area contributed by atoms with Crippen molar-refractivity contribution in [2.45, 2.75) is 19.9 Å². The molecule has 0 aliphatic heterocycles. The van der Waals surface area contributed by atoms with Gasteiger partial charge in [0.15, 0.2) is 5.96 Å². The molecule has 0 heterocycles. The zero-order chi connectivity index (χ0) is 18.8. The Labute approximate surface area is 183 Å². The van der Waals surface area contributed by atoms with E-state index in [9.17, 15) is 4.79 Å². The van der Waals surface area contributed by atoms with E-state index in [1.165, 1.54) is 0 Å². The normalized spacial score (nSPS) is 10.7. The Morgan fingerprint density at radius 3 is 2.56 bits per heavy atom. The van der Waals surface area contributed by atoms with E-state index in [1.54, 1.807) is 7.05 Å². The molecule has 3 N–H and O–H groups in total. The molecule has 0 saturated heterocycles. The Balaban J connectivity index is 0.00000364. The molecule has 2 aromatic carbocycles. The number of halogens is 2. The van der Waals surface area contributed by atoms with E-state index in [-0.39, 0.29) is 29.9 Å². The molecule has 0 unspecified atom stereocenters. The fraction of sp³-hybridized carbons (Fsp3) is 0.300. The minimum Gasteiger partial charge on any atom is -0.356 e. The maximum Gasteiger partial charge on any atom is 0.251 e. The number of hydrogen-bond donors (Lipinski definition) is 3. The SMILES string of the molecule is CCNC(=O)c1cccc(CNC(=NC)NCCc2ccccc2Cl)c1.I. The van der Waals surface area contributed by atoms with Gasteiger partial charge in [-0.15, -0.1) is 24.0 Å². The van der Waals surface area contributed by atoms with Gasteiger partial charge in [0.2, 0.25) is 0 Å². The maximum absolute atomic E-state index is 11.9. The van der Waals surface area contributed by atoms with Crippen molar-refractivity contribution in [3.8, 4) is 0 Å². The minimum absolute atomic E-state index is 0. The summed E-state index contributed by atoms with van der Waals surface area (Å²) < 4.78 is 0. The standard InChI is InChI=1S/C20H25ClN4O.HI/c1-3-23-19(26)17-9-6-7-15(13-17)14-25-20(22-2)24-12-11-16-8-4-5-10-18(16)21;/h4-10,13H,3,11-12,14H2,1-2H3,(H,23,26)(H2,22,24,25);1H. The molecule has 7 heteroatoms. The van der Waals surface area contributed by atoms with Gasteiger partial charge in [-0.25, -0.2) is 0 Å². The highest BCUT2D eigenvalue weighted by atomic mass is 127. The Hall–Kier alpha value is -1.80. The lowest BCUT2D eigenvalue weighted by Gasteiger charge is -2.13. The van der Waals surface area contributed by atoms with Crippen LogP contribution >= 0.6 is 35.6 Å². The van der Waals surface area contributed by atoms with Gasteiger partial charge in [0, 0.05) is 37.3 Å². The van der Waals surface area contributed by atoms with E-state index in [1.807, 2.05) is 55.5 Å². The minimum atomic E-state index is -0.0587. The monoisotopic (exact) mass is 500 g/mol. The van der Waals surface area contributed by atoms with Gasteiger partial charge in [0.05, 0.1) is 0 Å². The number of hydrogen-bond acceptors (Lipinski definition) is 2. The molecule has 5 nitrogen and oxygen atoms in total. The Kier molecular flexibility index (Phi) is 10.8. The van der Waals surface area contributed by atoms with Gasteiger partial charge in [0.25, 0.3) is 5.91 Å². The number of nitrogens with zero attached hydrogens (tertiary/aromatic N) is 1. The van der Waals surface area contributed by atoms with Crippen LogP contribution in [0.5, 0.6) is 0 Å². The van der Waals surface area contributed by atoms with Gasteiger partial charge < -0.3 is 16.0 Å². The van der Waals surface area contributed by atoms with Crippen LogP contribution in [0.1, 0.15) is 28.4 Å². The van der Waals surface area contributed by atoms with Crippen LogP contribution < -0.4 is 16.0 Å². The van der Waals surface area contributed by atoms with Crippen LogP contribution in [0.2, 0.25) is 5.02 Å². The summed E-state index contributed by atoms with van der Waals surface area (Å²) in [5, 5.41) is 10.1. The first-order valence-corrected chi connectivity index (χ1v) is 9.07. The van der Waals surface area contributed by atoms with E-state index in [0.29, 0.717) is 24.6 Å². The third kappa shape index (κ3) is 7.76. The molecule has 0 fully saturated rings. The van der Waals surface area contributed by atoms with Crippen molar-refractivity contribution in [1.82, 2.24) is 16.0 Å². The molecule has 2 rings (SSSR count). The van der Waals surface area contributed by atoms with Crippen molar-refractivity contribution in [3.63, 3.8) is 0 Å². The number of carbonyl (C=O) groups is 1. The quantitative estimate of drug-likeness (QED) is 0.309. The first-order chi connectivity index (χ1) is 12.6. The molecule has 0 saturated carbocycles. The molecule has 0 aliphatic rings. The molecule has 1 amide bonds. The highest BCUT2D eigenvalue weighted by Crippen LogP contribution is 2.14. The summed E-state index contributed by atoms with van der Waals surface area (Å²) in [6.45, 7) is 3.83. The van der Waals surface area contributed by atoms with E-state index in [4.69, 9.17) is 11.6 Å². The van der Waals surface area contributed by atoms with Crippen molar-refractivity contribution in [2.24, 2.45) is 4.99 Å². The second-order valence-corrected chi connectivity index (χ2v) is 6.16. The van der Waals surface area contributed by atoms with Crippen LogP contribution in [-0.4, -0.2) is 32.0 Å². The predicted molar refractivity (Wildman–Crippen MR) is 123 cm³/mol. The predicted octanol–water partition coefficient (Wildman–Crippen LogP) is 3.62. The van der Waals surface area contributed by atoms with Crippen LogP contribution in [0.3, 0.4) is 0 Å². The lowest BCUT2D eigenvalue weighted by Crippen LogP contribution is -2.37. The van der Waals surface area contributed by atoms with E-state index in [2.05, 4.69) is 20.9 Å². The van der Waals surface area contributed by atoms with Crippen LogP contribution in [0.4, 0.5) is 0 Å². The summed E-state index contributed by atoms with van der Waals surface area (Å²) in [5.74, 6) is 0.650. The third-order valence-electron chi connectivity index (χ3n) is 3.85. The highest BCUT2D eigenvalue weighted by molar-refractivity contribution is 14.0. The van der Waals surface area contributed by atoms with Crippen molar-refractivity contribution >= 4 is 47.4 Å².